The second-order valence-corrected chi connectivity index (χ2v) is 6.76. The number of benzene rings is 1. The summed E-state index contributed by atoms with van der Waals surface area (Å²) >= 11 is 1.52. The first kappa shape index (κ1) is 16.9. The first-order valence-electron chi connectivity index (χ1n) is 8.32. The Labute approximate surface area is 145 Å². The third-order valence-corrected chi connectivity index (χ3v) is 4.93. The van der Waals surface area contributed by atoms with Gasteiger partial charge in [0.05, 0.1) is 24.9 Å². The van der Waals surface area contributed by atoms with E-state index < -0.39 is 0 Å². The molecule has 0 aliphatic rings. The lowest BCUT2D eigenvalue weighted by molar-refractivity contribution is 0.122. The lowest BCUT2D eigenvalue weighted by Gasteiger charge is -2.07. The Morgan fingerprint density at radius 3 is 2.75 bits per heavy atom. The lowest BCUT2D eigenvalue weighted by atomic mass is 10.1. The van der Waals surface area contributed by atoms with E-state index >= 15 is 0 Å². The minimum absolute atomic E-state index is 0.0101. The number of hydrogen-bond acceptors (Lipinski definition) is 4. The van der Waals surface area contributed by atoms with Gasteiger partial charge >= 0.3 is 0 Å². The van der Waals surface area contributed by atoms with Crippen molar-refractivity contribution in [3.8, 4) is 11.1 Å². The highest BCUT2D eigenvalue weighted by Gasteiger charge is 2.13. The summed E-state index contributed by atoms with van der Waals surface area (Å²) < 4.78 is 7.22. The number of rotatable bonds is 7. The normalized spacial score (nSPS) is 11.2. The molecule has 0 saturated heterocycles. The number of aromatic nitrogens is 2. The van der Waals surface area contributed by atoms with Crippen molar-refractivity contribution in [1.82, 2.24) is 9.55 Å². The quantitative estimate of drug-likeness (QED) is 0.603. The molecule has 0 spiro atoms. The molecule has 0 aliphatic heterocycles. The van der Waals surface area contributed by atoms with Crippen molar-refractivity contribution in [3.63, 3.8) is 0 Å². The van der Waals surface area contributed by atoms with Gasteiger partial charge in [-0.05, 0) is 18.9 Å². The van der Waals surface area contributed by atoms with E-state index in [-0.39, 0.29) is 5.56 Å². The SMILES string of the molecule is CCCCOCCn1cnc2scc(-c3ccc(C)cc3)c2c1=O. The predicted molar refractivity (Wildman–Crippen MR) is 99.8 cm³/mol. The molecule has 0 N–H and O–H groups in total. The summed E-state index contributed by atoms with van der Waals surface area (Å²) in [6.45, 7) is 6.01. The van der Waals surface area contributed by atoms with E-state index in [2.05, 4.69) is 43.1 Å². The Bertz CT molecular complexity index is 865. The Morgan fingerprint density at radius 2 is 2.00 bits per heavy atom. The van der Waals surface area contributed by atoms with Crippen molar-refractivity contribution in [2.45, 2.75) is 33.2 Å². The number of fused-ring (bicyclic) bond motifs is 1. The molecule has 0 bridgehead atoms. The summed E-state index contributed by atoms with van der Waals surface area (Å²) in [5.74, 6) is 0. The van der Waals surface area contributed by atoms with Crippen LogP contribution < -0.4 is 5.56 Å². The van der Waals surface area contributed by atoms with Gasteiger partial charge in [0.1, 0.15) is 4.83 Å². The highest BCUT2D eigenvalue weighted by molar-refractivity contribution is 7.17. The summed E-state index contributed by atoms with van der Waals surface area (Å²) in [6, 6.07) is 8.24. The maximum absolute atomic E-state index is 12.8. The predicted octanol–water partition coefficient (Wildman–Crippen LogP) is 4.25. The van der Waals surface area contributed by atoms with E-state index in [1.807, 2.05) is 5.38 Å². The van der Waals surface area contributed by atoms with Crippen LogP contribution in [0.4, 0.5) is 0 Å². The molecule has 126 valence electrons. The minimum Gasteiger partial charge on any atom is -0.380 e. The van der Waals surface area contributed by atoms with Gasteiger partial charge in [-0.15, -0.1) is 11.3 Å². The van der Waals surface area contributed by atoms with Crippen molar-refractivity contribution >= 4 is 21.6 Å². The van der Waals surface area contributed by atoms with E-state index in [1.165, 1.54) is 16.9 Å². The molecule has 2 aromatic heterocycles. The van der Waals surface area contributed by atoms with Gasteiger partial charge in [-0.25, -0.2) is 4.98 Å². The van der Waals surface area contributed by atoms with E-state index in [0.717, 1.165) is 35.4 Å². The molecular weight excluding hydrogens is 320 g/mol. The van der Waals surface area contributed by atoms with Crippen LogP contribution in [0, 0.1) is 6.92 Å². The first-order chi connectivity index (χ1) is 11.7. The molecular formula is C19H22N2O2S. The van der Waals surface area contributed by atoms with Gasteiger partial charge in [0.25, 0.3) is 5.56 Å². The Hall–Kier alpha value is -1.98. The molecule has 3 aromatic rings. The zero-order chi connectivity index (χ0) is 16.9. The third-order valence-electron chi connectivity index (χ3n) is 4.04. The fraction of sp³-hybridized carbons (Fsp3) is 0.368. The highest BCUT2D eigenvalue weighted by atomic mass is 32.1. The summed E-state index contributed by atoms with van der Waals surface area (Å²) in [5, 5.41) is 2.73. The Balaban J connectivity index is 1.88. The van der Waals surface area contributed by atoms with E-state index in [0.29, 0.717) is 18.5 Å². The van der Waals surface area contributed by atoms with Gasteiger partial charge in [0.2, 0.25) is 0 Å². The minimum atomic E-state index is 0.0101. The number of thiophene rings is 1. The van der Waals surface area contributed by atoms with Crippen LogP contribution in [0.2, 0.25) is 0 Å². The van der Waals surface area contributed by atoms with E-state index in [9.17, 15) is 4.79 Å². The second kappa shape index (κ2) is 7.73. The molecule has 1 aromatic carbocycles. The highest BCUT2D eigenvalue weighted by Crippen LogP contribution is 2.30. The number of ether oxygens (including phenoxy) is 1. The van der Waals surface area contributed by atoms with Gasteiger partial charge in [-0.1, -0.05) is 43.2 Å². The monoisotopic (exact) mass is 342 g/mol. The average Bonchev–Trinajstić information content (AvgIpc) is 3.02. The maximum atomic E-state index is 12.8. The van der Waals surface area contributed by atoms with Crippen molar-refractivity contribution in [2.24, 2.45) is 0 Å². The van der Waals surface area contributed by atoms with E-state index in [4.69, 9.17) is 4.74 Å². The molecule has 0 saturated carbocycles. The van der Waals surface area contributed by atoms with Crippen LogP contribution in [-0.4, -0.2) is 22.8 Å². The van der Waals surface area contributed by atoms with Crippen molar-refractivity contribution in [3.05, 3.63) is 51.9 Å². The van der Waals surface area contributed by atoms with Crippen LogP contribution in [0.3, 0.4) is 0 Å². The summed E-state index contributed by atoms with van der Waals surface area (Å²) in [5.41, 5.74) is 3.24. The van der Waals surface area contributed by atoms with Crippen molar-refractivity contribution < 1.29 is 4.74 Å². The average molecular weight is 342 g/mol. The zero-order valence-corrected chi connectivity index (χ0v) is 14.9. The smallest absolute Gasteiger partial charge is 0.262 e. The standard InChI is InChI=1S/C19H22N2O2S/c1-3-4-10-23-11-9-21-13-20-18-17(19(21)22)16(12-24-18)15-7-5-14(2)6-8-15/h5-8,12-13H,3-4,9-11H2,1-2H3. The van der Waals surface area contributed by atoms with E-state index in [1.54, 1.807) is 10.9 Å². The van der Waals surface area contributed by atoms with Gasteiger partial charge in [-0.2, -0.15) is 0 Å². The first-order valence-corrected chi connectivity index (χ1v) is 9.20. The van der Waals surface area contributed by atoms with Gasteiger partial charge in [0, 0.05) is 17.6 Å². The summed E-state index contributed by atoms with van der Waals surface area (Å²) in [6.07, 6.45) is 3.79. The number of nitrogens with zero attached hydrogens (tertiary/aromatic N) is 2. The molecule has 0 unspecified atom stereocenters. The molecule has 2 heterocycles. The van der Waals surface area contributed by atoms with Crippen LogP contribution in [0.1, 0.15) is 25.3 Å². The molecule has 3 rings (SSSR count). The molecule has 24 heavy (non-hydrogen) atoms. The lowest BCUT2D eigenvalue weighted by Crippen LogP contribution is -2.22. The molecule has 0 radical (unpaired) electrons. The largest absolute Gasteiger partial charge is 0.380 e. The number of aryl methyl sites for hydroxylation is 1. The zero-order valence-electron chi connectivity index (χ0n) is 14.1. The van der Waals surface area contributed by atoms with Gasteiger partial charge in [-0.3, -0.25) is 9.36 Å². The summed E-state index contributed by atoms with van der Waals surface area (Å²) in [7, 11) is 0. The Morgan fingerprint density at radius 1 is 1.21 bits per heavy atom. The van der Waals surface area contributed by atoms with Gasteiger partial charge in [0.15, 0.2) is 0 Å². The van der Waals surface area contributed by atoms with Crippen molar-refractivity contribution in [2.75, 3.05) is 13.2 Å². The van der Waals surface area contributed by atoms with Crippen LogP contribution in [0.25, 0.3) is 21.3 Å². The number of unbranched alkanes of at least 4 members (excludes halogenated alkanes) is 1. The molecule has 4 nitrogen and oxygen atoms in total. The van der Waals surface area contributed by atoms with Crippen molar-refractivity contribution in [1.29, 1.82) is 0 Å². The van der Waals surface area contributed by atoms with Gasteiger partial charge < -0.3 is 4.74 Å². The van der Waals surface area contributed by atoms with Crippen LogP contribution >= 0.6 is 11.3 Å². The molecule has 0 aliphatic carbocycles. The second-order valence-electron chi connectivity index (χ2n) is 5.90. The molecule has 0 atom stereocenters. The molecule has 0 amide bonds. The summed E-state index contributed by atoms with van der Waals surface area (Å²) in [4.78, 5) is 18.1. The van der Waals surface area contributed by atoms with Crippen LogP contribution in [-0.2, 0) is 11.3 Å². The fourth-order valence-electron chi connectivity index (χ4n) is 2.58. The maximum Gasteiger partial charge on any atom is 0.262 e. The van der Waals surface area contributed by atoms with Crippen LogP contribution in [0.15, 0.2) is 40.8 Å². The molecule has 5 heteroatoms. The Kier molecular flexibility index (Phi) is 5.43. The number of hydrogen-bond donors (Lipinski definition) is 0. The fourth-order valence-corrected chi connectivity index (χ4v) is 3.49. The van der Waals surface area contributed by atoms with Crippen LogP contribution in [0.5, 0.6) is 0 Å². The third kappa shape index (κ3) is 3.57. The molecule has 0 fully saturated rings. The topological polar surface area (TPSA) is 44.1 Å².